The van der Waals surface area contributed by atoms with Crippen molar-refractivity contribution in [2.45, 2.75) is 0 Å². The second kappa shape index (κ2) is 6.40. The quantitative estimate of drug-likeness (QED) is 0.590. The van der Waals surface area contributed by atoms with Crippen LogP contribution in [0.5, 0.6) is 5.75 Å². The summed E-state index contributed by atoms with van der Waals surface area (Å²) < 4.78 is 6.76. The number of ether oxygens (including phenoxy) is 1. The van der Waals surface area contributed by atoms with E-state index >= 15 is 0 Å². The Hall–Kier alpha value is -3.54. The maximum Gasteiger partial charge on any atom is 0.273 e. The molecular weight excluding hydrogens is 328 g/mol. The van der Waals surface area contributed by atoms with Gasteiger partial charge < -0.3 is 15.0 Å². The van der Waals surface area contributed by atoms with E-state index in [9.17, 15) is 4.79 Å². The van der Waals surface area contributed by atoms with Crippen LogP contribution in [-0.4, -0.2) is 27.8 Å². The molecule has 0 aliphatic heterocycles. The summed E-state index contributed by atoms with van der Waals surface area (Å²) in [5.41, 5.74) is 3.86. The third-order valence-electron chi connectivity index (χ3n) is 4.31. The molecule has 0 radical (unpaired) electrons. The third kappa shape index (κ3) is 2.93. The maximum atomic E-state index is 12.7. The number of hydrogen-bond donors (Lipinski definition) is 2. The lowest BCUT2D eigenvalue weighted by molar-refractivity contribution is 0.101. The number of amides is 1. The molecule has 0 fully saturated rings. The summed E-state index contributed by atoms with van der Waals surface area (Å²) in [6.45, 7) is 0. The molecule has 0 saturated heterocycles. The molecule has 2 aromatic carbocycles. The lowest BCUT2D eigenvalue weighted by Gasteiger charge is -2.05. The van der Waals surface area contributed by atoms with Gasteiger partial charge in [-0.1, -0.05) is 6.07 Å². The molecule has 130 valence electrons. The van der Waals surface area contributed by atoms with E-state index in [0.717, 1.165) is 33.6 Å². The molecule has 0 bridgehead atoms. The van der Waals surface area contributed by atoms with E-state index in [4.69, 9.17) is 4.74 Å². The fourth-order valence-corrected chi connectivity index (χ4v) is 2.90. The lowest BCUT2D eigenvalue weighted by Crippen LogP contribution is -2.15. The second-order valence-corrected chi connectivity index (χ2v) is 6.00. The molecule has 0 spiro atoms. The largest absolute Gasteiger partial charge is 0.497 e. The molecule has 4 rings (SSSR count). The number of hydrogen-bond acceptors (Lipinski definition) is 3. The highest BCUT2D eigenvalue weighted by molar-refractivity contribution is 6.04. The summed E-state index contributed by atoms with van der Waals surface area (Å²) in [5, 5.41) is 8.48. The zero-order valence-electron chi connectivity index (χ0n) is 14.5. The minimum Gasteiger partial charge on any atom is -0.497 e. The first-order chi connectivity index (χ1) is 12.6. The molecule has 1 amide bonds. The summed E-state index contributed by atoms with van der Waals surface area (Å²) in [4.78, 5) is 15.8. The molecule has 6 nitrogen and oxygen atoms in total. The van der Waals surface area contributed by atoms with Gasteiger partial charge >= 0.3 is 0 Å². The summed E-state index contributed by atoms with van der Waals surface area (Å²) in [6, 6.07) is 17.1. The van der Waals surface area contributed by atoms with Crippen molar-refractivity contribution in [3.05, 3.63) is 66.5 Å². The fraction of sp³-hybridized carbons (Fsp3) is 0.100. The first-order valence-corrected chi connectivity index (χ1v) is 8.21. The number of nitrogens with one attached hydrogen (secondary N) is 2. The molecule has 0 aliphatic rings. The number of rotatable bonds is 4. The Bertz CT molecular complexity index is 1080. The standard InChI is InChI=1S/C20H18N4O2/c1-24-19(12-18(23-24)13-4-7-16(26-2)8-5-13)20(25)22-15-6-3-14-9-10-21-17(14)11-15/h3-12,21H,1-2H3,(H,22,25). The first kappa shape index (κ1) is 16.0. The van der Waals surface area contributed by atoms with E-state index in [1.165, 1.54) is 0 Å². The van der Waals surface area contributed by atoms with Gasteiger partial charge in [-0.2, -0.15) is 5.10 Å². The van der Waals surface area contributed by atoms with Crippen molar-refractivity contribution >= 4 is 22.5 Å². The van der Waals surface area contributed by atoms with Crippen molar-refractivity contribution < 1.29 is 9.53 Å². The minimum atomic E-state index is -0.203. The van der Waals surface area contributed by atoms with Gasteiger partial charge in [0.05, 0.1) is 12.8 Å². The van der Waals surface area contributed by atoms with Crippen LogP contribution in [-0.2, 0) is 7.05 Å². The highest BCUT2D eigenvalue weighted by Gasteiger charge is 2.15. The van der Waals surface area contributed by atoms with Crippen LogP contribution < -0.4 is 10.1 Å². The Kier molecular flexibility index (Phi) is 3.93. The summed E-state index contributed by atoms with van der Waals surface area (Å²) in [6.07, 6.45) is 1.87. The van der Waals surface area contributed by atoms with E-state index in [0.29, 0.717) is 5.69 Å². The summed E-state index contributed by atoms with van der Waals surface area (Å²) >= 11 is 0. The fourth-order valence-electron chi connectivity index (χ4n) is 2.90. The van der Waals surface area contributed by atoms with Crippen LogP contribution in [0.2, 0.25) is 0 Å². The Balaban J connectivity index is 1.58. The van der Waals surface area contributed by atoms with Crippen molar-refractivity contribution in [2.75, 3.05) is 12.4 Å². The van der Waals surface area contributed by atoms with Crippen LogP contribution in [0, 0.1) is 0 Å². The molecule has 0 aliphatic carbocycles. The monoisotopic (exact) mass is 346 g/mol. The number of H-pyrrole nitrogens is 1. The number of fused-ring (bicyclic) bond motifs is 1. The number of carbonyl (C=O) groups is 1. The number of carbonyl (C=O) groups excluding carboxylic acids is 1. The van der Waals surface area contributed by atoms with Crippen molar-refractivity contribution in [1.29, 1.82) is 0 Å². The normalized spacial score (nSPS) is 10.8. The van der Waals surface area contributed by atoms with Gasteiger partial charge in [0.1, 0.15) is 11.4 Å². The van der Waals surface area contributed by atoms with Crippen LogP contribution in [0.15, 0.2) is 60.8 Å². The predicted octanol–water partition coefficient (Wildman–Crippen LogP) is 3.83. The van der Waals surface area contributed by atoms with Gasteiger partial charge in [0, 0.05) is 30.0 Å². The number of aryl methyl sites for hydroxylation is 1. The smallest absolute Gasteiger partial charge is 0.273 e. The molecule has 0 unspecified atom stereocenters. The Morgan fingerprint density at radius 1 is 1.12 bits per heavy atom. The average Bonchev–Trinajstić information content (AvgIpc) is 3.27. The Morgan fingerprint density at radius 2 is 1.92 bits per heavy atom. The van der Waals surface area contributed by atoms with Crippen molar-refractivity contribution in [3.8, 4) is 17.0 Å². The van der Waals surface area contributed by atoms with E-state index in [1.807, 2.05) is 54.7 Å². The van der Waals surface area contributed by atoms with Crippen LogP contribution >= 0.6 is 0 Å². The molecule has 2 heterocycles. The maximum absolute atomic E-state index is 12.7. The lowest BCUT2D eigenvalue weighted by atomic mass is 10.1. The molecule has 2 aromatic heterocycles. The van der Waals surface area contributed by atoms with Gasteiger partial charge in [-0.3, -0.25) is 9.48 Å². The topological polar surface area (TPSA) is 71.9 Å². The SMILES string of the molecule is COc1ccc(-c2cc(C(=O)Nc3ccc4cc[nH]c4c3)n(C)n2)cc1. The van der Waals surface area contributed by atoms with Gasteiger partial charge in [-0.05, 0) is 53.9 Å². The van der Waals surface area contributed by atoms with Crippen LogP contribution in [0.4, 0.5) is 5.69 Å². The summed E-state index contributed by atoms with van der Waals surface area (Å²) in [5.74, 6) is 0.577. The molecular formula is C20H18N4O2. The van der Waals surface area contributed by atoms with E-state index < -0.39 is 0 Å². The van der Waals surface area contributed by atoms with Gasteiger partial charge in [-0.15, -0.1) is 0 Å². The number of anilines is 1. The summed E-state index contributed by atoms with van der Waals surface area (Å²) in [7, 11) is 3.39. The molecule has 6 heteroatoms. The van der Waals surface area contributed by atoms with Crippen molar-refractivity contribution in [1.82, 2.24) is 14.8 Å². The van der Waals surface area contributed by atoms with E-state index in [-0.39, 0.29) is 5.91 Å². The molecule has 0 saturated carbocycles. The highest BCUT2D eigenvalue weighted by Crippen LogP contribution is 2.23. The molecule has 4 aromatic rings. The zero-order valence-corrected chi connectivity index (χ0v) is 14.5. The molecule has 26 heavy (non-hydrogen) atoms. The number of methoxy groups -OCH3 is 1. The first-order valence-electron chi connectivity index (χ1n) is 8.21. The van der Waals surface area contributed by atoms with Crippen LogP contribution in [0.25, 0.3) is 22.2 Å². The number of nitrogens with zero attached hydrogens (tertiary/aromatic N) is 2. The molecule has 0 atom stereocenters. The number of aromatic nitrogens is 3. The van der Waals surface area contributed by atoms with Gasteiger partial charge in [0.15, 0.2) is 0 Å². The minimum absolute atomic E-state index is 0.203. The second-order valence-electron chi connectivity index (χ2n) is 6.00. The predicted molar refractivity (Wildman–Crippen MR) is 101 cm³/mol. The molecule has 2 N–H and O–H groups in total. The Morgan fingerprint density at radius 3 is 2.69 bits per heavy atom. The average molecular weight is 346 g/mol. The van der Waals surface area contributed by atoms with Crippen molar-refractivity contribution in [3.63, 3.8) is 0 Å². The van der Waals surface area contributed by atoms with Gasteiger partial charge in [0.2, 0.25) is 0 Å². The van der Waals surface area contributed by atoms with Crippen LogP contribution in [0.1, 0.15) is 10.5 Å². The Labute approximate surface area is 150 Å². The van der Waals surface area contributed by atoms with Crippen LogP contribution in [0.3, 0.4) is 0 Å². The van der Waals surface area contributed by atoms with Gasteiger partial charge in [0.25, 0.3) is 5.91 Å². The number of benzene rings is 2. The van der Waals surface area contributed by atoms with E-state index in [1.54, 1.807) is 24.9 Å². The van der Waals surface area contributed by atoms with Gasteiger partial charge in [-0.25, -0.2) is 0 Å². The van der Waals surface area contributed by atoms with E-state index in [2.05, 4.69) is 15.4 Å². The number of aromatic amines is 1. The third-order valence-corrected chi connectivity index (χ3v) is 4.31. The zero-order chi connectivity index (χ0) is 18.1. The van der Waals surface area contributed by atoms with Crippen molar-refractivity contribution in [2.24, 2.45) is 7.05 Å². The highest BCUT2D eigenvalue weighted by atomic mass is 16.5.